The van der Waals surface area contributed by atoms with Crippen LogP contribution in [0.4, 0.5) is 10.8 Å². The maximum atomic E-state index is 12.9. The van der Waals surface area contributed by atoms with Crippen molar-refractivity contribution in [2.24, 2.45) is 0 Å². The minimum Gasteiger partial charge on any atom is -0.492 e. The van der Waals surface area contributed by atoms with Gasteiger partial charge < -0.3 is 15.0 Å². The summed E-state index contributed by atoms with van der Waals surface area (Å²) in [5.41, 5.74) is 0.807. The van der Waals surface area contributed by atoms with Gasteiger partial charge in [0.2, 0.25) is 11.0 Å². The summed E-state index contributed by atoms with van der Waals surface area (Å²) < 4.78 is 30.0. The van der Waals surface area contributed by atoms with Gasteiger partial charge in [0.25, 0.3) is 0 Å². The number of hydrogen-bond donors (Lipinski definition) is 1. The summed E-state index contributed by atoms with van der Waals surface area (Å²) in [4.78, 5) is 14.6. The van der Waals surface area contributed by atoms with Gasteiger partial charge in [-0.15, -0.1) is 10.2 Å². The number of carbonyl (C=O) groups excluding carboxylic acids is 1. The third kappa shape index (κ3) is 6.81. The zero-order chi connectivity index (χ0) is 22.3. The Bertz CT molecular complexity index is 980. The number of nitrogens with one attached hydrogen (secondary N) is 1. The lowest BCUT2D eigenvalue weighted by Gasteiger charge is -2.28. The third-order valence-electron chi connectivity index (χ3n) is 4.88. The van der Waals surface area contributed by atoms with Crippen molar-refractivity contribution in [3.63, 3.8) is 0 Å². The van der Waals surface area contributed by atoms with Gasteiger partial charge in [-0.05, 0) is 31.9 Å². The first kappa shape index (κ1) is 23.8. The number of unbranched alkanes of at least 4 members (excludes halogenated alkanes) is 1. The Balaban J connectivity index is 1.59. The smallest absolute Gasteiger partial charge is 0.233 e. The highest BCUT2D eigenvalue weighted by Gasteiger charge is 2.34. The first-order chi connectivity index (χ1) is 14.9. The highest BCUT2D eigenvalue weighted by Crippen LogP contribution is 2.32. The molecule has 2 aromatic rings. The zero-order valence-corrected chi connectivity index (χ0v) is 20.2. The van der Waals surface area contributed by atoms with Crippen LogP contribution < -0.4 is 10.1 Å². The van der Waals surface area contributed by atoms with E-state index in [0.29, 0.717) is 29.0 Å². The first-order valence-corrected chi connectivity index (χ1v) is 14.0. The molecule has 1 saturated heterocycles. The second-order valence-corrected chi connectivity index (χ2v) is 11.6. The Labute approximate surface area is 191 Å². The summed E-state index contributed by atoms with van der Waals surface area (Å²) >= 11 is 2.69. The number of rotatable bonds is 11. The number of ether oxygens (including phenoxy) is 1. The fourth-order valence-electron chi connectivity index (χ4n) is 3.35. The molecule has 31 heavy (non-hydrogen) atoms. The molecule has 170 valence electrons. The number of nitrogens with zero attached hydrogens (tertiary/aromatic N) is 3. The highest BCUT2D eigenvalue weighted by molar-refractivity contribution is 8.01. The van der Waals surface area contributed by atoms with E-state index in [1.165, 1.54) is 23.1 Å². The maximum absolute atomic E-state index is 12.9. The topological polar surface area (TPSA) is 101 Å². The van der Waals surface area contributed by atoms with Crippen LogP contribution in [-0.2, 0) is 14.6 Å². The van der Waals surface area contributed by atoms with Crippen molar-refractivity contribution in [3.05, 3.63) is 24.3 Å². The molecular weight excluding hydrogens is 456 g/mol. The van der Waals surface area contributed by atoms with E-state index in [1.807, 2.05) is 31.2 Å². The second kappa shape index (κ2) is 11.1. The molecule has 1 aliphatic rings. The quantitative estimate of drug-likeness (QED) is 0.483. The van der Waals surface area contributed by atoms with Gasteiger partial charge in [-0.1, -0.05) is 48.6 Å². The van der Waals surface area contributed by atoms with Crippen LogP contribution in [0.15, 0.2) is 28.6 Å². The zero-order valence-electron chi connectivity index (χ0n) is 17.7. The van der Waals surface area contributed by atoms with Crippen LogP contribution in [0, 0.1) is 0 Å². The molecular formula is C20H28N4O4S3. The van der Waals surface area contributed by atoms with Gasteiger partial charge in [-0.25, -0.2) is 8.42 Å². The molecule has 1 amide bonds. The normalized spacial score (nSPS) is 17.4. The largest absolute Gasteiger partial charge is 0.492 e. The van der Waals surface area contributed by atoms with E-state index in [-0.39, 0.29) is 29.2 Å². The molecule has 1 aromatic carbocycles. The molecule has 8 nitrogen and oxygen atoms in total. The van der Waals surface area contributed by atoms with E-state index in [1.54, 1.807) is 4.90 Å². The average Bonchev–Trinajstić information content (AvgIpc) is 3.34. The Kier molecular flexibility index (Phi) is 8.56. The lowest BCUT2D eigenvalue weighted by molar-refractivity contribution is -0.130. The van der Waals surface area contributed by atoms with Gasteiger partial charge in [0, 0.05) is 12.6 Å². The molecule has 1 unspecified atom stereocenters. The monoisotopic (exact) mass is 484 g/mol. The SMILES string of the molecule is CCCCN(C(=O)CSc1nnc(Nc2ccccc2OCC)s1)C1CCS(=O)(=O)C1. The van der Waals surface area contributed by atoms with Gasteiger partial charge in [0.1, 0.15) is 5.75 Å². The van der Waals surface area contributed by atoms with E-state index >= 15 is 0 Å². The van der Waals surface area contributed by atoms with Crippen molar-refractivity contribution in [3.8, 4) is 5.75 Å². The van der Waals surface area contributed by atoms with Crippen LogP contribution in [-0.4, -0.2) is 65.9 Å². The molecule has 1 fully saturated rings. The lowest BCUT2D eigenvalue weighted by Crippen LogP contribution is -2.42. The highest BCUT2D eigenvalue weighted by atomic mass is 32.2. The number of benzene rings is 1. The van der Waals surface area contributed by atoms with Crippen LogP contribution in [0.5, 0.6) is 5.75 Å². The lowest BCUT2D eigenvalue weighted by atomic mass is 10.2. The standard InChI is InChI=1S/C20H28N4O4S3/c1-3-5-11-24(15-10-12-31(26,27)14-15)18(25)13-29-20-23-22-19(30-20)21-16-8-6-7-9-17(16)28-4-2/h6-9,15H,3-5,10-14H2,1-2H3,(H,21,22). The van der Waals surface area contributed by atoms with Crippen molar-refractivity contribution in [1.29, 1.82) is 0 Å². The van der Waals surface area contributed by atoms with Crippen LogP contribution >= 0.6 is 23.1 Å². The van der Waals surface area contributed by atoms with Crippen molar-refractivity contribution in [1.82, 2.24) is 15.1 Å². The number of aromatic nitrogens is 2. The van der Waals surface area contributed by atoms with Crippen molar-refractivity contribution in [2.75, 3.05) is 35.7 Å². The van der Waals surface area contributed by atoms with E-state index in [9.17, 15) is 13.2 Å². The predicted octanol–water partition coefficient (Wildman–Crippen LogP) is 3.59. The number of sulfone groups is 1. The Morgan fingerprint density at radius 2 is 2.13 bits per heavy atom. The van der Waals surface area contributed by atoms with Gasteiger partial charge >= 0.3 is 0 Å². The molecule has 0 saturated carbocycles. The minimum absolute atomic E-state index is 0.0491. The number of carbonyl (C=O) groups is 1. The molecule has 1 atom stereocenters. The van der Waals surface area contributed by atoms with Crippen molar-refractivity contribution < 1.29 is 17.9 Å². The minimum atomic E-state index is -3.04. The molecule has 1 N–H and O–H groups in total. The van der Waals surface area contributed by atoms with Crippen LogP contribution in [0.25, 0.3) is 0 Å². The fourth-order valence-corrected chi connectivity index (χ4v) is 6.73. The Hall–Kier alpha value is -1.85. The van der Waals surface area contributed by atoms with Crippen molar-refractivity contribution >= 4 is 49.7 Å². The van der Waals surface area contributed by atoms with Crippen LogP contribution in [0.3, 0.4) is 0 Å². The van der Waals surface area contributed by atoms with E-state index in [2.05, 4.69) is 22.4 Å². The van der Waals surface area contributed by atoms with E-state index < -0.39 is 9.84 Å². The van der Waals surface area contributed by atoms with E-state index in [4.69, 9.17) is 4.74 Å². The van der Waals surface area contributed by atoms with Gasteiger partial charge in [0.05, 0.1) is 29.6 Å². The molecule has 0 aliphatic carbocycles. The first-order valence-electron chi connectivity index (χ1n) is 10.4. The van der Waals surface area contributed by atoms with Crippen LogP contribution in [0.2, 0.25) is 0 Å². The third-order valence-corrected chi connectivity index (χ3v) is 8.58. The molecule has 0 spiro atoms. The van der Waals surface area contributed by atoms with Gasteiger partial charge in [-0.2, -0.15) is 0 Å². The number of para-hydroxylation sites is 2. The number of amides is 1. The predicted molar refractivity (Wildman–Crippen MR) is 125 cm³/mol. The van der Waals surface area contributed by atoms with Crippen molar-refractivity contribution in [2.45, 2.75) is 43.5 Å². The summed E-state index contributed by atoms with van der Waals surface area (Å²) in [5.74, 6) is 1.13. The average molecular weight is 485 g/mol. The summed E-state index contributed by atoms with van der Waals surface area (Å²) in [5, 5.41) is 12.2. The number of hydrogen-bond acceptors (Lipinski definition) is 9. The van der Waals surface area contributed by atoms with E-state index in [0.717, 1.165) is 24.3 Å². The molecule has 0 bridgehead atoms. The maximum Gasteiger partial charge on any atom is 0.233 e. The molecule has 3 rings (SSSR count). The number of anilines is 2. The molecule has 2 heterocycles. The van der Waals surface area contributed by atoms with Crippen LogP contribution in [0.1, 0.15) is 33.1 Å². The fraction of sp³-hybridized carbons (Fsp3) is 0.550. The summed E-state index contributed by atoms with van der Waals surface area (Å²) in [6.07, 6.45) is 2.33. The summed E-state index contributed by atoms with van der Waals surface area (Å²) in [7, 11) is -3.04. The second-order valence-electron chi connectivity index (χ2n) is 7.21. The Morgan fingerprint density at radius 3 is 2.84 bits per heavy atom. The molecule has 0 radical (unpaired) electrons. The molecule has 1 aromatic heterocycles. The molecule has 1 aliphatic heterocycles. The number of thioether (sulfide) groups is 1. The summed E-state index contributed by atoms with van der Waals surface area (Å²) in [6, 6.07) is 7.39. The molecule has 11 heteroatoms. The van der Waals surface area contributed by atoms with Gasteiger partial charge in [0.15, 0.2) is 14.2 Å². The Morgan fingerprint density at radius 1 is 1.32 bits per heavy atom. The van der Waals surface area contributed by atoms with Gasteiger partial charge in [-0.3, -0.25) is 4.79 Å². The summed E-state index contributed by atoms with van der Waals surface area (Å²) in [6.45, 7) is 5.14.